The second-order valence-electron chi connectivity index (χ2n) is 9.28. The Labute approximate surface area is 215 Å². The minimum Gasteiger partial charge on any atom is -0.467 e. The molecule has 194 valence electrons. The van der Waals surface area contributed by atoms with Gasteiger partial charge in [0.05, 0.1) is 16.0 Å². The molecule has 0 saturated carbocycles. The lowest BCUT2D eigenvalue weighted by Gasteiger charge is -2.35. The first-order chi connectivity index (χ1) is 17.4. The van der Waals surface area contributed by atoms with Crippen LogP contribution in [-0.4, -0.2) is 90.5 Å². The summed E-state index contributed by atoms with van der Waals surface area (Å²) >= 11 is 1.55. The van der Waals surface area contributed by atoms with Gasteiger partial charge in [-0.15, -0.1) is 0 Å². The number of aromatic nitrogens is 3. The van der Waals surface area contributed by atoms with Crippen LogP contribution in [0.3, 0.4) is 0 Å². The van der Waals surface area contributed by atoms with Crippen molar-refractivity contribution in [3.8, 4) is 5.19 Å². The van der Waals surface area contributed by atoms with Crippen molar-refractivity contribution < 1.29 is 18.3 Å². The van der Waals surface area contributed by atoms with Gasteiger partial charge in [0.25, 0.3) is 5.19 Å². The van der Waals surface area contributed by atoms with E-state index in [-0.39, 0.29) is 24.9 Å². The third-order valence-corrected chi connectivity index (χ3v) is 9.54. The Bertz CT molecular complexity index is 1270. The van der Waals surface area contributed by atoms with Crippen LogP contribution in [0.15, 0.2) is 30.6 Å². The van der Waals surface area contributed by atoms with Crippen molar-refractivity contribution in [2.24, 2.45) is 0 Å². The molecule has 2 saturated heterocycles. The third kappa shape index (κ3) is 5.72. The summed E-state index contributed by atoms with van der Waals surface area (Å²) < 4.78 is 33.6. The topological polar surface area (TPSA) is 112 Å². The Kier molecular flexibility index (Phi) is 7.56. The van der Waals surface area contributed by atoms with Crippen LogP contribution >= 0.6 is 11.3 Å². The second kappa shape index (κ2) is 10.8. The van der Waals surface area contributed by atoms with E-state index in [1.165, 1.54) is 4.31 Å². The van der Waals surface area contributed by atoms with Gasteiger partial charge in [0, 0.05) is 76.8 Å². The molecule has 12 heteroatoms. The molecular weight excluding hydrogens is 500 g/mol. The van der Waals surface area contributed by atoms with E-state index in [4.69, 9.17) is 9.84 Å². The number of benzene rings is 1. The van der Waals surface area contributed by atoms with Gasteiger partial charge in [-0.05, 0) is 37.1 Å². The number of rotatable bonds is 8. The van der Waals surface area contributed by atoms with Gasteiger partial charge in [-0.2, -0.15) is 4.31 Å². The molecule has 2 fully saturated rings. The summed E-state index contributed by atoms with van der Waals surface area (Å²) in [6, 6.07) is 6.17. The third-order valence-electron chi connectivity index (χ3n) is 6.67. The highest BCUT2D eigenvalue weighted by atomic mass is 32.2. The molecule has 3 aromatic rings. The highest BCUT2D eigenvalue weighted by Crippen LogP contribution is 2.33. The molecule has 0 radical (unpaired) electrons. The SMILES string of the molecule is Cc1cnc(N2CCC(Oc3nc4ccc(N5CCN(S(=O)(=O)CCCO)CC5)cc4s3)CC2)nc1. The zero-order chi connectivity index (χ0) is 25.1. The lowest BCUT2D eigenvalue weighted by Crippen LogP contribution is -2.49. The van der Waals surface area contributed by atoms with E-state index in [0.29, 0.717) is 31.4 Å². The number of nitrogens with zero attached hydrogens (tertiary/aromatic N) is 6. The first-order valence-corrected chi connectivity index (χ1v) is 14.8. The number of fused-ring (bicyclic) bond motifs is 1. The average Bonchev–Trinajstić information content (AvgIpc) is 3.30. The van der Waals surface area contributed by atoms with Crippen molar-refractivity contribution in [2.75, 3.05) is 61.4 Å². The van der Waals surface area contributed by atoms with E-state index >= 15 is 0 Å². The number of aliphatic hydroxyl groups is 1. The Morgan fingerprint density at radius 2 is 1.78 bits per heavy atom. The van der Waals surface area contributed by atoms with Gasteiger partial charge < -0.3 is 19.6 Å². The summed E-state index contributed by atoms with van der Waals surface area (Å²) in [6.45, 7) is 5.76. The molecule has 1 aromatic carbocycles. The highest BCUT2D eigenvalue weighted by Gasteiger charge is 2.27. The van der Waals surface area contributed by atoms with Gasteiger partial charge in [0.1, 0.15) is 6.10 Å². The standard InChI is InChI=1S/C24H32N6O4S2/c1-18-16-25-23(26-17-18)29-7-5-20(6-8-29)34-24-27-21-4-3-19(15-22(21)35-24)28-9-11-30(12-10-28)36(32,33)14-2-13-31/h3-4,15-17,20,31H,2,5-14H2,1H3. The number of sulfonamides is 1. The molecule has 4 heterocycles. The van der Waals surface area contributed by atoms with Crippen LogP contribution in [0.1, 0.15) is 24.8 Å². The average molecular weight is 533 g/mol. The van der Waals surface area contributed by atoms with E-state index in [0.717, 1.165) is 53.3 Å². The van der Waals surface area contributed by atoms with E-state index in [1.54, 1.807) is 11.3 Å². The molecule has 2 aromatic heterocycles. The molecule has 1 N–H and O–H groups in total. The van der Waals surface area contributed by atoms with E-state index < -0.39 is 10.0 Å². The van der Waals surface area contributed by atoms with E-state index in [2.05, 4.69) is 30.8 Å². The number of piperazine rings is 1. The zero-order valence-electron chi connectivity index (χ0n) is 20.4. The van der Waals surface area contributed by atoms with Crippen LogP contribution < -0.4 is 14.5 Å². The van der Waals surface area contributed by atoms with Gasteiger partial charge in [0.15, 0.2) is 0 Å². The molecule has 2 aliphatic heterocycles. The fourth-order valence-electron chi connectivity index (χ4n) is 4.61. The summed E-state index contributed by atoms with van der Waals surface area (Å²) in [5.74, 6) is 0.771. The van der Waals surface area contributed by atoms with E-state index in [1.807, 2.05) is 31.5 Å². The molecule has 5 rings (SSSR count). The number of aryl methyl sites for hydroxylation is 1. The molecule has 0 amide bonds. The first-order valence-electron chi connectivity index (χ1n) is 12.4. The molecule has 0 spiro atoms. The fraction of sp³-hybridized carbons (Fsp3) is 0.542. The molecule has 0 atom stereocenters. The van der Waals surface area contributed by atoms with Gasteiger partial charge in [0.2, 0.25) is 16.0 Å². The van der Waals surface area contributed by atoms with Crippen molar-refractivity contribution in [1.82, 2.24) is 19.3 Å². The molecule has 0 bridgehead atoms. The van der Waals surface area contributed by atoms with Gasteiger partial charge in [-0.3, -0.25) is 0 Å². The van der Waals surface area contributed by atoms with Crippen molar-refractivity contribution in [1.29, 1.82) is 0 Å². The maximum absolute atomic E-state index is 12.4. The smallest absolute Gasteiger partial charge is 0.274 e. The monoisotopic (exact) mass is 532 g/mol. The lowest BCUT2D eigenvalue weighted by molar-refractivity contribution is 0.170. The Hall–Kier alpha value is -2.54. The molecular formula is C24H32N6O4S2. The number of hydrogen-bond donors (Lipinski definition) is 1. The van der Waals surface area contributed by atoms with Crippen molar-refractivity contribution in [2.45, 2.75) is 32.3 Å². The Morgan fingerprint density at radius 1 is 1.06 bits per heavy atom. The van der Waals surface area contributed by atoms with Crippen LogP contribution in [0.2, 0.25) is 0 Å². The quantitative estimate of drug-likeness (QED) is 0.467. The molecule has 36 heavy (non-hydrogen) atoms. The van der Waals surface area contributed by atoms with Crippen LogP contribution in [0.4, 0.5) is 11.6 Å². The van der Waals surface area contributed by atoms with Crippen LogP contribution in [0, 0.1) is 6.92 Å². The van der Waals surface area contributed by atoms with Crippen molar-refractivity contribution in [3.63, 3.8) is 0 Å². The van der Waals surface area contributed by atoms with E-state index in [9.17, 15) is 8.42 Å². The minimum atomic E-state index is -3.31. The predicted molar refractivity (Wildman–Crippen MR) is 142 cm³/mol. The second-order valence-corrected chi connectivity index (χ2v) is 12.4. The summed E-state index contributed by atoms with van der Waals surface area (Å²) in [5.41, 5.74) is 3.03. The number of anilines is 2. The van der Waals surface area contributed by atoms with Gasteiger partial charge in [-0.1, -0.05) is 11.3 Å². The molecule has 0 aliphatic carbocycles. The molecule has 0 unspecified atom stereocenters. The summed E-state index contributed by atoms with van der Waals surface area (Å²) in [6.07, 6.45) is 5.87. The van der Waals surface area contributed by atoms with Crippen LogP contribution in [-0.2, 0) is 10.0 Å². The summed E-state index contributed by atoms with van der Waals surface area (Å²) in [5, 5.41) is 9.64. The number of piperidine rings is 1. The van der Waals surface area contributed by atoms with Crippen molar-refractivity contribution in [3.05, 3.63) is 36.2 Å². The maximum Gasteiger partial charge on any atom is 0.274 e. The van der Waals surface area contributed by atoms with Crippen LogP contribution in [0.25, 0.3) is 10.2 Å². The summed E-state index contributed by atoms with van der Waals surface area (Å²) in [4.78, 5) is 18.0. The van der Waals surface area contributed by atoms with Crippen LogP contribution in [0.5, 0.6) is 5.19 Å². The zero-order valence-corrected chi connectivity index (χ0v) is 22.0. The maximum atomic E-state index is 12.4. The molecule has 2 aliphatic rings. The minimum absolute atomic E-state index is 0.00213. The first kappa shape index (κ1) is 25.1. The largest absolute Gasteiger partial charge is 0.467 e. The Morgan fingerprint density at radius 3 is 2.47 bits per heavy atom. The number of thiazole rings is 1. The number of aliphatic hydroxyl groups excluding tert-OH is 1. The number of ether oxygens (including phenoxy) is 1. The molecule has 10 nitrogen and oxygen atoms in total. The van der Waals surface area contributed by atoms with Crippen molar-refractivity contribution >= 4 is 43.2 Å². The lowest BCUT2D eigenvalue weighted by atomic mass is 10.1. The summed E-state index contributed by atoms with van der Waals surface area (Å²) in [7, 11) is -3.31. The number of hydrogen-bond acceptors (Lipinski definition) is 10. The fourth-order valence-corrected chi connectivity index (χ4v) is 6.99. The van der Waals surface area contributed by atoms with Gasteiger partial charge >= 0.3 is 0 Å². The highest BCUT2D eigenvalue weighted by molar-refractivity contribution is 7.89. The normalized spacial score (nSPS) is 18.2. The van der Waals surface area contributed by atoms with Gasteiger partial charge in [-0.25, -0.2) is 23.4 Å². The Balaban J connectivity index is 1.17. The predicted octanol–water partition coefficient (Wildman–Crippen LogP) is 2.28.